The third kappa shape index (κ3) is 4.02. The quantitative estimate of drug-likeness (QED) is 0.824. The highest BCUT2D eigenvalue weighted by Gasteiger charge is 2.28. The third-order valence-electron chi connectivity index (χ3n) is 4.30. The second kappa shape index (κ2) is 7.54. The molecule has 25 heavy (non-hydrogen) atoms. The lowest BCUT2D eigenvalue weighted by Crippen LogP contribution is -2.48. The number of halogens is 1. The molecule has 7 heteroatoms. The van der Waals surface area contributed by atoms with E-state index >= 15 is 0 Å². The number of sulfonamides is 1. The number of rotatable bonds is 4. The van der Waals surface area contributed by atoms with Crippen molar-refractivity contribution in [3.63, 3.8) is 0 Å². The maximum absolute atomic E-state index is 12.7. The van der Waals surface area contributed by atoms with Crippen LogP contribution < -0.4 is 0 Å². The highest BCUT2D eigenvalue weighted by atomic mass is 35.5. The molecule has 5 nitrogen and oxygen atoms in total. The summed E-state index contributed by atoms with van der Waals surface area (Å²) < 4.78 is 26.9. The number of hydrogen-bond acceptors (Lipinski definition) is 4. The number of nitriles is 1. The van der Waals surface area contributed by atoms with Crippen LogP contribution in [0.5, 0.6) is 0 Å². The van der Waals surface area contributed by atoms with Crippen molar-refractivity contribution in [2.45, 2.75) is 11.4 Å². The van der Waals surface area contributed by atoms with Crippen LogP contribution in [0, 0.1) is 11.3 Å². The Morgan fingerprint density at radius 3 is 2.44 bits per heavy atom. The zero-order valence-corrected chi connectivity index (χ0v) is 15.2. The maximum atomic E-state index is 12.7. The van der Waals surface area contributed by atoms with Gasteiger partial charge in [-0.15, -0.1) is 0 Å². The monoisotopic (exact) mass is 375 g/mol. The molecule has 0 spiro atoms. The van der Waals surface area contributed by atoms with Crippen LogP contribution >= 0.6 is 11.6 Å². The fourth-order valence-electron chi connectivity index (χ4n) is 2.91. The largest absolute Gasteiger partial charge is 0.296 e. The van der Waals surface area contributed by atoms with Crippen LogP contribution in [0.1, 0.15) is 11.1 Å². The summed E-state index contributed by atoms with van der Waals surface area (Å²) in [6.45, 7) is 2.74. The lowest BCUT2D eigenvalue weighted by molar-refractivity contribution is 0.181. The Morgan fingerprint density at radius 2 is 1.76 bits per heavy atom. The summed E-state index contributed by atoms with van der Waals surface area (Å²) in [5.74, 6) is 0. The van der Waals surface area contributed by atoms with Crippen molar-refractivity contribution in [2.75, 3.05) is 26.2 Å². The molecular formula is C18H18ClN3O2S. The van der Waals surface area contributed by atoms with Gasteiger partial charge in [0.1, 0.15) is 0 Å². The van der Waals surface area contributed by atoms with E-state index < -0.39 is 10.0 Å². The normalized spacial score (nSPS) is 16.5. The van der Waals surface area contributed by atoms with E-state index in [9.17, 15) is 13.7 Å². The molecular weight excluding hydrogens is 358 g/mol. The van der Waals surface area contributed by atoms with Gasteiger partial charge < -0.3 is 0 Å². The predicted octanol–water partition coefficient (Wildman–Crippen LogP) is 2.72. The van der Waals surface area contributed by atoms with Gasteiger partial charge in [0, 0.05) is 37.7 Å². The van der Waals surface area contributed by atoms with E-state index in [2.05, 4.69) is 11.0 Å². The Labute approximate surface area is 153 Å². The minimum absolute atomic E-state index is 0.225. The Kier molecular flexibility index (Phi) is 5.40. The number of hydrogen-bond donors (Lipinski definition) is 0. The van der Waals surface area contributed by atoms with Crippen molar-refractivity contribution >= 4 is 21.6 Å². The van der Waals surface area contributed by atoms with Gasteiger partial charge in [-0.3, -0.25) is 4.90 Å². The van der Waals surface area contributed by atoms with E-state index in [1.807, 2.05) is 18.2 Å². The van der Waals surface area contributed by atoms with E-state index in [-0.39, 0.29) is 4.90 Å². The first-order valence-corrected chi connectivity index (χ1v) is 9.78. The molecule has 0 aromatic heterocycles. The van der Waals surface area contributed by atoms with Gasteiger partial charge in [-0.2, -0.15) is 9.57 Å². The summed E-state index contributed by atoms with van der Waals surface area (Å²) in [7, 11) is -3.52. The van der Waals surface area contributed by atoms with Crippen LogP contribution in [-0.2, 0) is 16.6 Å². The summed E-state index contributed by atoms with van der Waals surface area (Å²) in [5.41, 5.74) is 1.63. The molecule has 2 aromatic rings. The SMILES string of the molecule is N#Cc1ccccc1CN1CCN(S(=O)(=O)c2cccc(Cl)c2)CC1. The Bertz CT molecular complexity index is 901. The maximum Gasteiger partial charge on any atom is 0.243 e. The summed E-state index contributed by atoms with van der Waals surface area (Å²) >= 11 is 5.91. The standard InChI is InChI=1S/C18H18ClN3O2S/c19-17-6-3-7-18(12-17)25(23,24)22-10-8-21(9-11-22)14-16-5-2-1-4-15(16)13-20/h1-7,12H,8-11,14H2. The zero-order valence-electron chi connectivity index (χ0n) is 13.6. The molecule has 0 amide bonds. The molecule has 1 saturated heterocycles. The molecule has 3 rings (SSSR count). The predicted molar refractivity (Wildman–Crippen MR) is 96.6 cm³/mol. The van der Waals surface area contributed by atoms with Gasteiger partial charge in [0.05, 0.1) is 16.5 Å². The van der Waals surface area contributed by atoms with Gasteiger partial charge in [-0.25, -0.2) is 8.42 Å². The molecule has 0 atom stereocenters. The summed E-state index contributed by atoms with van der Waals surface area (Å²) in [6.07, 6.45) is 0. The van der Waals surface area contributed by atoms with Crippen molar-refractivity contribution in [2.24, 2.45) is 0 Å². The number of nitrogens with zero attached hydrogens (tertiary/aromatic N) is 3. The lowest BCUT2D eigenvalue weighted by Gasteiger charge is -2.34. The minimum Gasteiger partial charge on any atom is -0.296 e. The molecule has 0 N–H and O–H groups in total. The van der Waals surface area contributed by atoms with Crippen molar-refractivity contribution in [3.05, 3.63) is 64.7 Å². The van der Waals surface area contributed by atoms with E-state index in [1.165, 1.54) is 10.4 Å². The van der Waals surface area contributed by atoms with Crippen molar-refractivity contribution in [1.29, 1.82) is 5.26 Å². The fraction of sp³-hybridized carbons (Fsp3) is 0.278. The lowest BCUT2D eigenvalue weighted by atomic mass is 10.1. The zero-order chi connectivity index (χ0) is 17.9. The van der Waals surface area contributed by atoms with Crippen molar-refractivity contribution < 1.29 is 8.42 Å². The van der Waals surface area contributed by atoms with Gasteiger partial charge in [-0.1, -0.05) is 35.9 Å². The van der Waals surface area contributed by atoms with Crippen LogP contribution in [0.15, 0.2) is 53.4 Å². The summed E-state index contributed by atoms with van der Waals surface area (Å²) in [4.78, 5) is 2.39. The molecule has 0 unspecified atom stereocenters. The van der Waals surface area contributed by atoms with Crippen LogP contribution in [0.2, 0.25) is 5.02 Å². The smallest absolute Gasteiger partial charge is 0.243 e. The third-order valence-corrected chi connectivity index (χ3v) is 6.43. The molecule has 130 valence electrons. The van der Waals surface area contributed by atoms with Gasteiger partial charge in [0.2, 0.25) is 10.0 Å². The number of benzene rings is 2. The Balaban J connectivity index is 1.67. The fourth-order valence-corrected chi connectivity index (χ4v) is 4.64. The van der Waals surface area contributed by atoms with Crippen molar-refractivity contribution in [3.8, 4) is 6.07 Å². The highest BCUT2D eigenvalue weighted by Crippen LogP contribution is 2.21. The van der Waals surface area contributed by atoms with Crippen LogP contribution in [0.4, 0.5) is 0 Å². The van der Waals surface area contributed by atoms with Crippen LogP contribution in [-0.4, -0.2) is 43.8 Å². The van der Waals surface area contributed by atoms with Crippen LogP contribution in [0.3, 0.4) is 0 Å². The van der Waals surface area contributed by atoms with Gasteiger partial charge in [0.25, 0.3) is 0 Å². The molecule has 1 aliphatic heterocycles. The average molecular weight is 376 g/mol. The summed E-state index contributed by atoms with van der Waals surface area (Å²) in [5, 5.41) is 9.59. The minimum atomic E-state index is -3.52. The Morgan fingerprint density at radius 1 is 1.04 bits per heavy atom. The van der Waals surface area contributed by atoms with Crippen LogP contribution in [0.25, 0.3) is 0 Å². The van der Waals surface area contributed by atoms with Gasteiger partial charge in [0.15, 0.2) is 0 Å². The molecule has 2 aromatic carbocycles. The first-order valence-electron chi connectivity index (χ1n) is 7.97. The molecule has 0 saturated carbocycles. The molecule has 1 fully saturated rings. The van der Waals surface area contributed by atoms with E-state index in [4.69, 9.17) is 11.6 Å². The molecule has 0 aliphatic carbocycles. The first kappa shape index (κ1) is 17.9. The van der Waals surface area contributed by atoms with E-state index in [1.54, 1.807) is 24.3 Å². The topological polar surface area (TPSA) is 64.4 Å². The van der Waals surface area contributed by atoms with Gasteiger partial charge >= 0.3 is 0 Å². The molecule has 0 bridgehead atoms. The average Bonchev–Trinajstić information content (AvgIpc) is 2.63. The molecule has 1 heterocycles. The van der Waals surface area contributed by atoms with E-state index in [0.29, 0.717) is 43.3 Å². The van der Waals surface area contributed by atoms with E-state index in [0.717, 1.165) is 5.56 Å². The summed E-state index contributed by atoms with van der Waals surface area (Å²) in [6, 6.07) is 16.0. The second-order valence-corrected chi connectivity index (χ2v) is 8.28. The second-order valence-electron chi connectivity index (χ2n) is 5.91. The first-order chi connectivity index (χ1) is 12.0. The highest BCUT2D eigenvalue weighted by molar-refractivity contribution is 7.89. The number of piperazine rings is 1. The Hall–Kier alpha value is -1.91. The molecule has 0 radical (unpaired) electrons. The van der Waals surface area contributed by atoms with Gasteiger partial charge in [-0.05, 0) is 29.8 Å². The van der Waals surface area contributed by atoms with Crippen molar-refractivity contribution in [1.82, 2.24) is 9.21 Å². The molecule has 1 aliphatic rings.